The molecule has 4 atom stereocenters. The number of nitrogen functional groups attached to an aromatic ring is 1. The van der Waals surface area contributed by atoms with Gasteiger partial charge in [0.25, 0.3) is 0 Å². The highest BCUT2D eigenvalue weighted by molar-refractivity contribution is 6.02. The standard InChI is InChI=1S/C47H60F3N9O7/c1-27(29-20-30(47(48,49)50)22-31(51)21-29)52-42-33-23-38(37(65-4)24-34(33)53-28(2)54-42)66-26-46(13-14-46)25-56(3)40(61)10-5-6-15-57-16-18-58(19-17-57)35-9-7-8-32-41(35)45(64)59(44(32)63)36-11-12-39(60)55-43(36)62/h7-9,20-24,27,36,39,43,55,60,62-64H,5-6,10-19,25-26,51H2,1-4H3,(H,52,53,54)/t27-,36?,39?,43?/m1/s1. The molecule has 2 saturated heterocycles. The molecule has 19 heteroatoms. The zero-order valence-corrected chi connectivity index (χ0v) is 37.7. The molecule has 1 saturated carbocycles. The van der Waals surface area contributed by atoms with Crippen LogP contribution in [0, 0.1) is 12.3 Å². The Labute approximate surface area is 381 Å². The number of carbonyl (C=O) groups excluding carboxylic acids is 1. The van der Waals surface area contributed by atoms with Gasteiger partial charge in [-0.2, -0.15) is 13.2 Å². The highest BCUT2D eigenvalue weighted by Crippen LogP contribution is 2.48. The molecule has 3 fully saturated rings. The van der Waals surface area contributed by atoms with Crippen LogP contribution in [0.3, 0.4) is 0 Å². The summed E-state index contributed by atoms with van der Waals surface area (Å²) < 4.78 is 54.2. The Bertz CT molecular complexity index is 2560. The number of aromatic hydroxyl groups is 2. The third kappa shape index (κ3) is 9.99. The van der Waals surface area contributed by atoms with E-state index in [1.807, 2.05) is 19.2 Å². The molecule has 5 aromatic rings. The number of carbonyl (C=O) groups is 1. The van der Waals surface area contributed by atoms with Gasteiger partial charge < -0.3 is 50.8 Å². The van der Waals surface area contributed by atoms with Crippen molar-refractivity contribution >= 4 is 44.8 Å². The first-order valence-electron chi connectivity index (χ1n) is 22.6. The number of aromatic nitrogens is 3. The van der Waals surface area contributed by atoms with Crippen LogP contribution in [0.5, 0.6) is 23.3 Å². The predicted octanol–water partition coefficient (Wildman–Crippen LogP) is 6.26. The average Bonchev–Trinajstić information content (AvgIpc) is 4.00. The van der Waals surface area contributed by atoms with Crippen LogP contribution < -0.4 is 30.7 Å². The third-order valence-corrected chi connectivity index (χ3v) is 13.3. The molecular formula is C47H60F3N9O7. The van der Waals surface area contributed by atoms with Gasteiger partial charge in [0.2, 0.25) is 17.7 Å². The molecule has 0 radical (unpaired) electrons. The van der Waals surface area contributed by atoms with Crippen molar-refractivity contribution in [1.29, 1.82) is 0 Å². The van der Waals surface area contributed by atoms with Crippen molar-refractivity contribution in [2.45, 2.75) is 89.5 Å². The topological polar surface area (TPSA) is 207 Å². The van der Waals surface area contributed by atoms with Crippen molar-refractivity contribution in [1.82, 2.24) is 29.7 Å². The molecule has 16 nitrogen and oxygen atoms in total. The summed E-state index contributed by atoms with van der Waals surface area (Å²) in [6.07, 6.45) is -1.95. The molecule has 3 aromatic carbocycles. The first-order chi connectivity index (χ1) is 31.4. The number of fused-ring (bicyclic) bond motifs is 2. The molecular weight excluding hydrogens is 860 g/mol. The second-order valence-corrected chi connectivity index (χ2v) is 18.2. The SMILES string of the molecule is COc1cc2nc(C)nc(N[C@H](C)c3cc(N)cc(C(F)(F)F)c3)c2cc1OCC1(CN(C)C(=O)CCCCN2CCN(c3cccc4c(O)n(C5CCC(O)NC5O)c(O)c34)CC2)CC1. The third-order valence-electron chi connectivity index (χ3n) is 13.3. The monoisotopic (exact) mass is 919 g/mol. The van der Waals surface area contributed by atoms with E-state index in [9.17, 15) is 38.4 Å². The minimum atomic E-state index is -4.55. The van der Waals surface area contributed by atoms with E-state index in [0.717, 1.165) is 63.1 Å². The summed E-state index contributed by atoms with van der Waals surface area (Å²) in [5.41, 5.74) is 6.55. The Balaban J connectivity index is 0.821. The first kappa shape index (κ1) is 46.8. The number of nitrogens with zero attached hydrogens (tertiary/aromatic N) is 6. The number of nitrogens with one attached hydrogen (secondary N) is 2. The molecule has 8 N–H and O–H groups in total. The van der Waals surface area contributed by atoms with E-state index >= 15 is 0 Å². The van der Waals surface area contributed by atoms with Crippen LogP contribution in [0.2, 0.25) is 0 Å². The Hall–Kier alpha value is -5.76. The maximum atomic E-state index is 13.6. The summed E-state index contributed by atoms with van der Waals surface area (Å²) in [4.78, 5) is 28.9. The van der Waals surface area contributed by atoms with E-state index in [1.165, 1.54) is 10.6 Å². The van der Waals surface area contributed by atoms with Gasteiger partial charge in [-0.05, 0) is 101 Å². The van der Waals surface area contributed by atoms with Crippen LogP contribution in [0.1, 0.15) is 80.9 Å². The first-order valence-corrected chi connectivity index (χ1v) is 22.6. The van der Waals surface area contributed by atoms with Gasteiger partial charge >= 0.3 is 6.18 Å². The van der Waals surface area contributed by atoms with E-state index in [4.69, 9.17) is 15.2 Å². The Morgan fingerprint density at radius 2 is 1.77 bits per heavy atom. The number of alkyl halides is 3. The number of ether oxygens (including phenoxy) is 2. The second-order valence-electron chi connectivity index (χ2n) is 18.2. The molecule has 0 bridgehead atoms. The molecule has 3 unspecified atom stereocenters. The van der Waals surface area contributed by atoms with Gasteiger partial charge in [0.1, 0.15) is 24.1 Å². The molecule has 3 aliphatic rings. The smallest absolute Gasteiger partial charge is 0.416 e. The lowest BCUT2D eigenvalue weighted by Gasteiger charge is -2.36. The number of rotatable bonds is 16. The lowest BCUT2D eigenvalue weighted by molar-refractivity contribution is -0.137. The number of anilines is 3. The number of hydrogen-bond acceptors (Lipinski definition) is 14. The number of aryl methyl sites for hydroxylation is 1. The van der Waals surface area contributed by atoms with Gasteiger partial charge in [-0.25, -0.2) is 9.97 Å². The van der Waals surface area contributed by atoms with Crippen LogP contribution in [-0.4, -0.2) is 123 Å². The summed E-state index contributed by atoms with van der Waals surface area (Å²) in [7, 11) is 3.37. The maximum Gasteiger partial charge on any atom is 0.416 e. The highest BCUT2D eigenvalue weighted by atomic mass is 19.4. The zero-order valence-electron chi connectivity index (χ0n) is 37.7. The number of unbranched alkanes of at least 4 members (excludes halogenated alkanes) is 1. The molecule has 2 aromatic heterocycles. The number of aliphatic hydroxyl groups excluding tert-OH is 2. The minimum Gasteiger partial charge on any atom is -0.494 e. The van der Waals surface area contributed by atoms with Crippen molar-refractivity contribution < 1.29 is 47.9 Å². The second kappa shape index (κ2) is 18.9. The Kier molecular flexibility index (Phi) is 13.4. The van der Waals surface area contributed by atoms with E-state index < -0.39 is 36.3 Å². The number of methoxy groups -OCH3 is 1. The summed E-state index contributed by atoms with van der Waals surface area (Å²) in [6.45, 7) is 8.23. The molecule has 0 spiro atoms. The molecule has 2 aliphatic heterocycles. The van der Waals surface area contributed by atoms with Gasteiger partial charge in [-0.15, -0.1) is 0 Å². The molecule has 8 rings (SSSR count). The normalized spacial score (nSPS) is 20.4. The summed E-state index contributed by atoms with van der Waals surface area (Å²) in [5.74, 6) is 1.65. The molecule has 4 heterocycles. The number of amides is 1. The van der Waals surface area contributed by atoms with Crippen LogP contribution in [0.25, 0.3) is 21.7 Å². The number of piperazine rings is 1. The van der Waals surface area contributed by atoms with Gasteiger partial charge in [0.05, 0.1) is 48.0 Å². The highest BCUT2D eigenvalue weighted by Gasteiger charge is 2.45. The van der Waals surface area contributed by atoms with Gasteiger partial charge in [0, 0.05) is 74.1 Å². The predicted molar refractivity (Wildman–Crippen MR) is 245 cm³/mol. The Morgan fingerprint density at radius 1 is 1.02 bits per heavy atom. The Morgan fingerprint density at radius 3 is 2.47 bits per heavy atom. The van der Waals surface area contributed by atoms with Gasteiger partial charge in [-0.3, -0.25) is 19.6 Å². The lowest BCUT2D eigenvalue weighted by atomic mass is 10.0. The van der Waals surface area contributed by atoms with Crippen molar-refractivity contribution in [3.05, 3.63) is 65.5 Å². The quantitative estimate of drug-likeness (QED) is 0.0431. The van der Waals surface area contributed by atoms with E-state index in [1.54, 1.807) is 44.1 Å². The fourth-order valence-electron chi connectivity index (χ4n) is 9.41. The largest absolute Gasteiger partial charge is 0.494 e. The number of benzene rings is 3. The number of hydrogen-bond donors (Lipinski definition) is 7. The summed E-state index contributed by atoms with van der Waals surface area (Å²) in [6, 6.07) is 11.3. The average molecular weight is 920 g/mol. The lowest BCUT2D eigenvalue weighted by Crippen LogP contribution is -2.48. The van der Waals surface area contributed by atoms with Crippen molar-refractivity contribution in [3.63, 3.8) is 0 Å². The number of aliphatic hydroxyl groups is 2. The molecule has 1 aliphatic carbocycles. The van der Waals surface area contributed by atoms with Crippen LogP contribution in [-0.2, 0) is 11.0 Å². The van der Waals surface area contributed by atoms with E-state index in [0.29, 0.717) is 95.9 Å². The fraction of sp³-hybridized carbons (Fsp3) is 0.511. The molecule has 66 heavy (non-hydrogen) atoms. The molecule has 1 amide bonds. The van der Waals surface area contributed by atoms with Gasteiger partial charge in [0.15, 0.2) is 11.5 Å². The zero-order chi connectivity index (χ0) is 47.1. The van der Waals surface area contributed by atoms with Gasteiger partial charge in [-0.1, -0.05) is 6.07 Å². The fourth-order valence-corrected chi connectivity index (χ4v) is 9.41. The molecule has 356 valence electrons. The van der Waals surface area contributed by atoms with Crippen molar-refractivity contribution in [3.8, 4) is 23.3 Å². The van der Waals surface area contributed by atoms with Crippen LogP contribution in [0.15, 0.2) is 48.5 Å². The summed E-state index contributed by atoms with van der Waals surface area (Å²) >= 11 is 0. The van der Waals surface area contributed by atoms with Crippen LogP contribution >= 0.6 is 0 Å². The summed E-state index contributed by atoms with van der Waals surface area (Å²) in [5, 5.41) is 50.6. The number of piperidine rings is 1. The van der Waals surface area contributed by atoms with Crippen molar-refractivity contribution in [2.75, 3.05) is 76.0 Å². The van der Waals surface area contributed by atoms with E-state index in [-0.39, 0.29) is 28.8 Å². The maximum absolute atomic E-state index is 13.6. The van der Waals surface area contributed by atoms with E-state index in [2.05, 4.69) is 30.4 Å². The minimum absolute atomic E-state index is 0.00670. The van der Waals surface area contributed by atoms with Crippen LogP contribution in [0.4, 0.5) is 30.4 Å². The number of halogens is 3. The van der Waals surface area contributed by atoms with Crippen molar-refractivity contribution in [2.24, 2.45) is 5.41 Å². The number of nitrogens with two attached hydrogens (primary N) is 1.